The summed E-state index contributed by atoms with van der Waals surface area (Å²) in [6.45, 7) is 4.83. The normalized spacial score (nSPS) is 13.0. The van der Waals surface area contributed by atoms with E-state index in [-0.39, 0.29) is 18.1 Å². The first-order valence-electron chi connectivity index (χ1n) is 6.92. The van der Waals surface area contributed by atoms with Crippen molar-refractivity contribution in [3.8, 4) is 11.8 Å². The third-order valence-corrected chi connectivity index (χ3v) is 3.44. The third-order valence-electron chi connectivity index (χ3n) is 3.44. The average molecular weight is 304 g/mol. The van der Waals surface area contributed by atoms with Crippen molar-refractivity contribution in [3.05, 3.63) is 29.8 Å². The number of carbonyl (C=O) groups excluding carboxylic acids is 2. The van der Waals surface area contributed by atoms with Crippen molar-refractivity contribution < 1.29 is 19.4 Å². The molecule has 0 saturated heterocycles. The van der Waals surface area contributed by atoms with Gasteiger partial charge in [0.1, 0.15) is 11.3 Å². The smallest absolute Gasteiger partial charge is 0.310 e. The third kappa shape index (κ3) is 5.09. The summed E-state index contributed by atoms with van der Waals surface area (Å²) in [6.07, 6.45) is 0.00720. The topological polar surface area (TPSA) is 99.4 Å². The highest BCUT2D eigenvalue weighted by Gasteiger charge is 2.30. The zero-order valence-electron chi connectivity index (χ0n) is 12.9. The molecule has 0 fully saturated rings. The minimum absolute atomic E-state index is 0.00720. The molecule has 0 radical (unpaired) electrons. The van der Waals surface area contributed by atoms with Gasteiger partial charge in [-0.2, -0.15) is 5.26 Å². The van der Waals surface area contributed by atoms with Crippen molar-refractivity contribution >= 4 is 11.9 Å². The standard InChI is InChI=1S/C16H20N2O4/c1-11(2)16(3,10-17)18-14(20)9-22-15(21)8-12-4-6-13(19)7-5-12/h4-7,11,19H,8-9H2,1-3H3,(H,18,20)/t16-/m1/s1. The Morgan fingerprint density at radius 3 is 2.45 bits per heavy atom. The zero-order chi connectivity index (χ0) is 16.8. The molecule has 1 amide bonds. The molecule has 6 nitrogen and oxygen atoms in total. The molecule has 0 spiro atoms. The van der Waals surface area contributed by atoms with Crippen LogP contribution in [0.4, 0.5) is 0 Å². The summed E-state index contributed by atoms with van der Waals surface area (Å²) >= 11 is 0. The summed E-state index contributed by atoms with van der Waals surface area (Å²) in [5.74, 6) is -1.03. The van der Waals surface area contributed by atoms with Crippen LogP contribution in [0.2, 0.25) is 0 Å². The second-order valence-electron chi connectivity index (χ2n) is 5.52. The van der Waals surface area contributed by atoms with E-state index in [2.05, 4.69) is 5.32 Å². The molecule has 6 heteroatoms. The fraction of sp³-hybridized carbons (Fsp3) is 0.438. The van der Waals surface area contributed by atoms with E-state index >= 15 is 0 Å². The minimum Gasteiger partial charge on any atom is -0.508 e. The molecule has 1 aromatic carbocycles. The van der Waals surface area contributed by atoms with Gasteiger partial charge in [0.15, 0.2) is 6.61 Å². The Bertz CT molecular complexity index is 575. The molecule has 0 heterocycles. The molecule has 0 aliphatic carbocycles. The van der Waals surface area contributed by atoms with Crippen LogP contribution in [-0.4, -0.2) is 29.1 Å². The van der Waals surface area contributed by atoms with E-state index in [1.54, 1.807) is 19.1 Å². The lowest BCUT2D eigenvalue weighted by atomic mass is 9.90. The predicted molar refractivity (Wildman–Crippen MR) is 79.8 cm³/mol. The molecule has 0 unspecified atom stereocenters. The first-order chi connectivity index (χ1) is 10.3. The summed E-state index contributed by atoms with van der Waals surface area (Å²) < 4.78 is 4.89. The number of phenolic OH excluding ortho intramolecular Hbond substituents is 1. The maximum Gasteiger partial charge on any atom is 0.310 e. The van der Waals surface area contributed by atoms with Crippen molar-refractivity contribution in [1.82, 2.24) is 5.32 Å². The van der Waals surface area contributed by atoms with Crippen LogP contribution in [-0.2, 0) is 20.7 Å². The van der Waals surface area contributed by atoms with Crippen LogP contribution >= 0.6 is 0 Å². The summed E-state index contributed by atoms with van der Waals surface area (Å²) in [7, 11) is 0. The number of nitrogens with one attached hydrogen (secondary N) is 1. The van der Waals surface area contributed by atoms with Gasteiger partial charge >= 0.3 is 5.97 Å². The maximum absolute atomic E-state index is 11.8. The summed E-state index contributed by atoms with van der Waals surface area (Å²) in [5.41, 5.74) is -0.326. The Balaban J connectivity index is 2.45. The fourth-order valence-corrected chi connectivity index (χ4v) is 1.60. The van der Waals surface area contributed by atoms with E-state index in [0.717, 1.165) is 0 Å². The number of rotatable bonds is 6. The number of nitriles is 1. The number of phenols is 1. The number of nitrogens with zero attached hydrogens (tertiary/aromatic N) is 1. The number of aromatic hydroxyl groups is 1. The zero-order valence-corrected chi connectivity index (χ0v) is 12.9. The molecular weight excluding hydrogens is 284 g/mol. The molecule has 118 valence electrons. The van der Waals surface area contributed by atoms with Gasteiger partial charge in [-0.1, -0.05) is 26.0 Å². The van der Waals surface area contributed by atoms with E-state index in [1.165, 1.54) is 12.1 Å². The molecule has 0 aliphatic rings. The number of hydrogen-bond donors (Lipinski definition) is 2. The van der Waals surface area contributed by atoms with Crippen molar-refractivity contribution in [2.24, 2.45) is 5.92 Å². The molecule has 1 atom stereocenters. The van der Waals surface area contributed by atoms with Gasteiger partial charge in [-0.25, -0.2) is 0 Å². The highest BCUT2D eigenvalue weighted by atomic mass is 16.5. The van der Waals surface area contributed by atoms with Crippen LogP contribution in [0.3, 0.4) is 0 Å². The number of esters is 1. The maximum atomic E-state index is 11.8. The van der Waals surface area contributed by atoms with Gasteiger partial charge in [0.2, 0.25) is 0 Å². The Hall–Kier alpha value is -2.55. The van der Waals surface area contributed by atoms with Gasteiger partial charge in [0.05, 0.1) is 12.5 Å². The SMILES string of the molecule is CC(C)[C@@](C)(C#N)NC(=O)COC(=O)Cc1ccc(O)cc1. The second kappa shape index (κ2) is 7.46. The minimum atomic E-state index is -1.000. The van der Waals surface area contributed by atoms with Crippen molar-refractivity contribution in [1.29, 1.82) is 5.26 Å². The second-order valence-corrected chi connectivity index (χ2v) is 5.52. The molecule has 2 N–H and O–H groups in total. The highest BCUT2D eigenvalue weighted by molar-refractivity contribution is 5.82. The monoisotopic (exact) mass is 304 g/mol. The Labute approximate surface area is 129 Å². The van der Waals surface area contributed by atoms with Crippen molar-refractivity contribution in [2.75, 3.05) is 6.61 Å². The summed E-state index contributed by atoms with van der Waals surface area (Å²) in [4.78, 5) is 23.4. The average Bonchev–Trinajstić information content (AvgIpc) is 2.47. The van der Waals surface area contributed by atoms with Gasteiger partial charge < -0.3 is 15.2 Å². The molecule has 0 aromatic heterocycles. The van der Waals surface area contributed by atoms with Gasteiger partial charge in [-0.3, -0.25) is 9.59 Å². The van der Waals surface area contributed by atoms with E-state index < -0.39 is 24.0 Å². The number of carbonyl (C=O) groups is 2. The number of benzene rings is 1. The molecule has 1 rings (SSSR count). The number of hydrogen-bond acceptors (Lipinski definition) is 5. The molecule has 1 aromatic rings. The Morgan fingerprint density at radius 1 is 1.36 bits per heavy atom. The molecule has 0 aliphatic heterocycles. The van der Waals surface area contributed by atoms with Gasteiger partial charge in [0, 0.05) is 0 Å². The van der Waals surface area contributed by atoms with Gasteiger partial charge in [-0.15, -0.1) is 0 Å². The molecule has 0 bridgehead atoms. The number of ether oxygens (including phenoxy) is 1. The largest absolute Gasteiger partial charge is 0.508 e. The lowest BCUT2D eigenvalue weighted by molar-refractivity contribution is -0.148. The van der Waals surface area contributed by atoms with Crippen LogP contribution in [0.5, 0.6) is 5.75 Å². The van der Waals surface area contributed by atoms with Crippen LogP contribution in [0, 0.1) is 17.2 Å². The number of amides is 1. The van der Waals surface area contributed by atoms with Crippen LogP contribution in [0.25, 0.3) is 0 Å². The lowest BCUT2D eigenvalue weighted by Gasteiger charge is -2.27. The first-order valence-corrected chi connectivity index (χ1v) is 6.92. The van der Waals surface area contributed by atoms with Crippen molar-refractivity contribution in [3.63, 3.8) is 0 Å². The Kier molecular flexibility index (Phi) is 5.93. The molecule has 0 saturated carbocycles. The van der Waals surface area contributed by atoms with Gasteiger partial charge in [-0.05, 0) is 30.5 Å². The van der Waals surface area contributed by atoms with Crippen LogP contribution in [0.1, 0.15) is 26.3 Å². The van der Waals surface area contributed by atoms with E-state index in [1.807, 2.05) is 19.9 Å². The first kappa shape index (κ1) is 17.5. The lowest BCUT2D eigenvalue weighted by Crippen LogP contribution is -2.50. The highest BCUT2D eigenvalue weighted by Crippen LogP contribution is 2.15. The van der Waals surface area contributed by atoms with Gasteiger partial charge in [0.25, 0.3) is 5.91 Å². The fourth-order valence-electron chi connectivity index (χ4n) is 1.60. The van der Waals surface area contributed by atoms with Crippen LogP contribution < -0.4 is 5.32 Å². The summed E-state index contributed by atoms with van der Waals surface area (Å²) in [5, 5.41) is 20.8. The predicted octanol–water partition coefficient (Wildman–Crippen LogP) is 1.53. The van der Waals surface area contributed by atoms with E-state index in [9.17, 15) is 9.59 Å². The summed E-state index contributed by atoms with van der Waals surface area (Å²) in [6, 6.07) is 8.18. The molecule has 22 heavy (non-hydrogen) atoms. The van der Waals surface area contributed by atoms with E-state index in [0.29, 0.717) is 5.56 Å². The van der Waals surface area contributed by atoms with E-state index in [4.69, 9.17) is 15.1 Å². The quantitative estimate of drug-likeness (QED) is 0.776. The van der Waals surface area contributed by atoms with Crippen LogP contribution in [0.15, 0.2) is 24.3 Å². The molecular formula is C16H20N2O4. The Morgan fingerprint density at radius 2 is 1.95 bits per heavy atom. The van der Waals surface area contributed by atoms with Crippen molar-refractivity contribution in [2.45, 2.75) is 32.7 Å².